The molecule has 5 rings (SSSR count). The maximum Gasteiger partial charge on any atom is 0.141 e. The summed E-state index contributed by atoms with van der Waals surface area (Å²) < 4.78 is 0. The van der Waals surface area contributed by atoms with Gasteiger partial charge in [-0.3, -0.25) is 4.79 Å². The number of hydrogen-bond donors (Lipinski definition) is 1. The Balaban J connectivity index is 1.36. The predicted octanol–water partition coefficient (Wildman–Crippen LogP) is 4.25. The van der Waals surface area contributed by atoms with E-state index in [4.69, 9.17) is 4.84 Å². The van der Waals surface area contributed by atoms with Gasteiger partial charge < -0.3 is 10.2 Å². The zero-order valence-electron chi connectivity index (χ0n) is 16.9. The summed E-state index contributed by atoms with van der Waals surface area (Å²) >= 11 is 0. The average molecular weight is 371 g/mol. The molecule has 3 saturated carbocycles. The van der Waals surface area contributed by atoms with Crippen LogP contribution in [0.1, 0.15) is 71.6 Å². The molecule has 0 amide bonds. The van der Waals surface area contributed by atoms with Crippen LogP contribution in [0.5, 0.6) is 0 Å². The van der Waals surface area contributed by atoms with E-state index < -0.39 is 0 Å². The Morgan fingerprint density at radius 3 is 2.70 bits per heavy atom. The number of rotatable bonds is 2. The largest absolute Gasteiger partial charge is 0.391 e. The lowest BCUT2D eigenvalue weighted by molar-refractivity contribution is -0.132. The van der Waals surface area contributed by atoms with Gasteiger partial charge in [0.25, 0.3) is 0 Å². The molecule has 0 spiro atoms. The molecule has 4 unspecified atom stereocenters. The number of ketones is 1. The van der Waals surface area contributed by atoms with Gasteiger partial charge in [0, 0.05) is 24.8 Å². The Kier molecular flexibility index (Phi) is 4.27. The van der Waals surface area contributed by atoms with Crippen molar-refractivity contribution in [1.29, 1.82) is 0 Å². The summed E-state index contributed by atoms with van der Waals surface area (Å²) in [6.07, 6.45) is 12.7. The van der Waals surface area contributed by atoms with Crippen molar-refractivity contribution in [3.05, 3.63) is 11.6 Å². The Morgan fingerprint density at radius 2 is 1.89 bits per heavy atom. The van der Waals surface area contributed by atoms with E-state index >= 15 is 0 Å². The van der Waals surface area contributed by atoms with Crippen LogP contribution in [0.3, 0.4) is 0 Å². The van der Waals surface area contributed by atoms with Crippen LogP contribution in [0, 0.1) is 28.6 Å². The molecule has 1 heterocycles. The minimum absolute atomic E-state index is 0.0107. The minimum atomic E-state index is -0.0107. The quantitative estimate of drug-likeness (QED) is 0.739. The van der Waals surface area contributed by atoms with E-state index in [1.165, 1.54) is 25.7 Å². The summed E-state index contributed by atoms with van der Waals surface area (Å²) in [5.74, 6) is 2.68. The molecule has 0 bridgehead atoms. The van der Waals surface area contributed by atoms with Crippen molar-refractivity contribution in [3.63, 3.8) is 0 Å². The molecule has 4 nitrogen and oxygen atoms in total. The number of allylic oxidation sites excluding steroid dienone is 2. The Morgan fingerprint density at radius 1 is 1.04 bits per heavy atom. The molecule has 1 N–H and O–H groups in total. The highest BCUT2D eigenvalue weighted by molar-refractivity contribution is 5.96. The molecule has 1 aliphatic heterocycles. The van der Waals surface area contributed by atoms with Crippen molar-refractivity contribution in [2.75, 3.05) is 13.1 Å². The highest BCUT2D eigenvalue weighted by Gasteiger charge is 2.58. The van der Waals surface area contributed by atoms with Gasteiger partial charge in [-0.2, -0.15) is 0 Å². The molecule has 6 atom stereocenters. The minimum Gasteiger partial charge on any atom is -0.391 e. The molecule has 27 heavy (non-hydrogen) atoms. The molecule has 5 aliphatic rings. The van der Waals surface area contributed by atoms with E-state index in [9.17, 15) is 4.79 Å². The summed E-state index contributed by atoms with van der Waals surface area (Å²) in [5.41, 5.74) is 3.05. The third kappa shape index (κ3) is 2.73. The second-order valence-corrected chi connectivity index (χ2v) is 10.2. The fourth-order valence-electron chi connectivity index (χ4n) is 7.27. The zero-order chi connectivity index (χ0) is 18.6. The predicted molar refractivity (Wildman–Crippen MR) is 107 cm³/mol. The first-order valence-corrected chi connectivity index (χ1v) is 11.2. The van der Waals surface area contributed by atoms with E-state index in [1.807, 2.05) is 0 Å². The van der Waals surface area contributed by atoms with E-state index in [0.29, 0.717) is 17.1 Å². The van der Waals surface area contributed by atoms with Crippen molar-refractivity contribution in [2.24, 2.45) is 33.7 Å². The Labute approximate surface area is 163 Å². The molecular weight excluding hydrogens is 336 g/mol. The van der Waals surface area contributed by atoms with Crippen LogP contribution in [-0.2, 0) is 9.63 Å². The fraction of sp³-hybridized carbons (Fsp3) is 0.826. The van der Waals surface area contributed by atoms with Gasteiger partial charge in [0.1, 0.15) is 11.9 Å². The smallest absolute Gasteiger partial charge is 0.141 e. The molecule has 4 heteroatoms. The number of Topliss-reactive ketones (excluding diaryl/α,β-unsaturated/α-hetero) is 1. The monoisotopic (exact) mass is 370 g/mol. The Hall–Kier alpha value is -1.16. The lowest BCUT2D eigenvalue weighted by atomic mass is 9.47. The van der Waals surface area contributed by atoms with Crippen LogP contribution < -0.4 is 5.32 Å². The van der Waals surface area contributed by atoms with Crippen molar-refractivity contribution < 1.29 is 9.63 Å². The van der Waals surface area contributed by atoms with E-state index in [2.05, 4.69) is 30.4 Å². The third-order valence-corrected chi connectivity index (χ3v) is 9.02. The maximum atomic E-state index is 12.5. The molecule has 148 valence electrons. The zero-order valence-corrected chi connectivity index (χ0v) is 16.9. The van der Waals surface area contributed by atoms with Crippen LogP contribution >= 0.6 is 0 Å². The second kappa shape index (κ2) is 6.43. The second-order valence-electron chi connectivity index (χ2n) is 10.2. The number of nitrogens with zero attached hydrogens (tertiary/aromatic N) is 1. The number of fused-ring (bicyclic) bond motifs is 5. The lowest BCUT2D eigenvalue weighted by Gasteiger charge is -2.57. The first-order valence-electron chi connectivity index (χ1n) is 11.2. The SMILES string of the molecule is C[C@]12CC/C(=N/OC3CCNC3)C=C1CCC1C2CC[C@]2(C)C(=O)CCC12. The molecule has 1 saturated heterocycles. The van der Waals surface area contributed by atoms with Gasteiger partial charge in [-0.05, 0) is 80.7 Å². The van der Waals surface area contributed by atoms with Crippen LogP contribution in [0.2, 0.25) is 0 Å². The highest BCUT2D eigenvalue weighted by atomic mass is 16.6. The molecule has 4 fully saturated rings. The van der Waals surface area contributed by atoms with E-state index in [-0.39, 0.29) is 11.5 Å². The first-order chi connectivity index (χ1) is 13.0. The van der Waals surface area contributed by atoms with Crippen molar-refractivity contribution in [1.82, 2.24) is 5.32 Å². The summed E-state index contributed by atoms with van der Waals surface area (Å²) in [5, 5.41) is 7.85. The van der Waals surface area contributed by atoms with Gasteiger partial charge in [0.15, 0.2) is 0 Å². The summed E-state index contributed by atoms with van der Waals surface area (Å²) in [6, 6.07) is 0. The number of oxime groups is 1. The van der Waals surface area contributed by atoms with Crippen LogP contribution in [0.25, 0.3) is 0 Å². The van der Waals surface area contributed by atoms with E-state index in [0.717, 1.165) is 62.7 Å². The molecule has 4 aliphatic carbocycles. The molecule has 0 aromatic heterocycles. The van der Waals surface area contributed by atoms with Crippen molar-refractivity contribution in [3.8, 4) is 0 Å². The average Bonchev–Trinajstić information content (AvgIpc) is 3.28. The van der Waals surface area contributed by atoms with Crippen molar-refractivity contribution in [2.45, 2.75) is 77.7 Å². The summed E-state index contributed by atoms with van der Waals surface area (Å²) in [6.45, 7) is 6.75. The number of carbonyl (C=O) groups is 1. The fourth-order valence-corrected chi connectivity index (χ4v) is 7.27. The van der Waals surface area contributed by atoms with Crippen LogP contribution in [0.4, 0.5) is 0 Å². The van der Waals surface area contributed by atoms with Gasteiger partial charge >= 0.3 is 0 Å². The van der Waals surface area contributed by atoms with Crippen LogP contribution in [0.15, 0.2) is 16.8 Å². The maximum absolute atomic E-state index is 12.5. The van der Waals surface area contributed by atoms with Gasteiger partial charge in [0.2, 0.25) is 0 Å². The molecular formula is C23H34N2O2. The standard InChI is InChI=1S/C23H34N2O2/c1-22-10-7-16(25-27-17-9-12-24-14-17)13-15(22)3-4-18-19-5-6-21(26)23(19,2)11-8-20(18)22/h13,17-20,24H,3-12,14H2,1-2H3/b25-16-/t17?,18?,19?,20?,22-,23-/m0/s1. The number of carbonyl (C=O) groups excluding carboxylic acids is 1. The van der Waals surface area contributed by atoms with Gasteiger partial charge in [-0.25, -0.2) is 0 Å². The first kappa shape index (κ1) is 17.9. The summed E-state index contributed by atoms with van der Waals surface area (Å²) in [4.78, 5) is 18.3. The topological polar surface area (TPSA) is 50.7 Å². The molecule has 0 aromatic carbocycles. The number of hydrogen-bond acceptors (Lipinski definition) is 4. The van der Waals surface area contributed by atoms with Gasteiger partial charge in [-0.1, -0.05) is 24.6 Å². The molecule has 0 aromatic rings. The lowest BCUT2D eigenvalue weighted by Crippen LogP contribution is -2.50. The van der Waals surface area contributed by atoms with Gasteiger partial charge in [0.05, 0.1) is 5.71 Å². The van der Waals surface area contributed by atoms with Crippen molar-refractivity contribution >= 4 is 11.5 Å². The van der Waals surface area contributed by atoms with Gasteiger partial charge in [-0.15, -0.1) is 0 Å². The van der Waals surface area contributed by atoms with Crippen LogP contribution in [-0.4, -0.2) is 30.7 Å². The third-order valence-electron chi connectivity index (χ3n) is 9.02. The number of nitrogens with one attached hydrogen (secondary N) is 1. The normalized spacial score (nSPS) is 48.0. The highest BCUT2D eigenvalue weighted by Crippen LogP contribution is 2.64. The summed E-state index contributed by atoms with van der Waals surface area (Å²) in [7, 11) is 0. The Bertz CT molecular complexity index is 692. The van der Waals surface area contributed by atoms with E-state index in [1.54, 1.807) is 5.57 Å². The molecule has 0 radical (unpaired) electrons.